The van der Waals surface area contributed by atoms with Crippen LogP contribution in [0, 0.1) is 12.7 Å². The molecule has 2 aliphatic heterocycles. The number of nitrogens with zero attached hydrogens (tertiary/aromatic N) is 2. The molecule has 8 rings (SSSR count). The van der Waals surface area contributed by atoms with Crippen molar-refractivity contribution >= 4 is 46.4 Å². The van der Waals surface area contributed by atoms with Crippen LogP contribution in [0.3, 0.4) is 0 Å². The molecule has 512 valence electrons. The second kappa shape index (κ2) is 38.9. The molecule has 0 saturated carbocycles. The molecule has 4 atom stereocenters. The summed E-state index contributed by atoms with van der Waals surface area (Å²) in [4.78, 5) is 86.8. The zero-order chi connectivity index (χ0) is 66.4. The number of hydrogen-bond acceptors (Lipinski definition) is 19. The summed E-state index contributed by atoms with van der Waals surface area (Å²) in [5.41, 5.74) is 12.6. The Morgan fingerprint density at radius 1 is 0.691 bits per heavy atom. The smallest absolute Gasteiger partial charge is 0.407 e. The number of fused-ring (bicyclic) bond motifs is 5. The number of alkyl carbamates (subject to hydrolysis) is 1. The van der Waals surface area contributed by atoms with Crippen LogP contribution in [-0.4, -0.2) is 177 Å². The number of cyclic esters (lactones) is 1. The highest BCUT2D eigenvalue weighted by molar-refractivity contribution is 5.98. The minimum Gasteiger partial charge on any atom is -0.460 e. The highest BCUT2D eigenvalue weighted by Crippen LogP contribution is 2.45. The Hall–Kier alpha value is -7.30. The van der Waals surface area contributed by atoms with E-state index < -0.39 is 59.6 Å². The van der Waals surface area contributed by atoms with Gasteiger partial charge < -0.3 is 83.7 Å². The quantitative estimate of drug-likeness (QED) is 0.0200. The van der Waals surface area contributed by atoms with Crippen molar-refractivity contribution in [1.29, 1.82) is 0 Å². The lowest BCUT2D eigenvalue weighted by molar-refractivity contribution is -0.148. The van der Waals surface area contributed by atoms with Gasteiger partial charge in [0.05, 0.1) is 153 Å². The van der Waals surface area contributed by atoms with Crippen LogP contribution in [0.2, 0.25) is 0 Å². The Morgan fingerprint density at radius 3 is 1.87 bits per heavy atom. The molecule has 4 heterocycles. The SMILES string of the molecule is CCCOCCOCCOCCOCCOCCOCCOCCOCCOCCC(=O)N[C@@H](Cc1ccccc1)C(=O)N[C@@H](CCCCN)C(=O)Nc1ccc(COC(=O)N[C@H]2CCc3c(C)c(F)cc4nc5c(c2c34)Cn2c-5cc3c(c2=O)COC(=O)[C@@H]3CC)cc1. The Kier molecular flexibility index (Phi) is 30.0. The van der Waals surface area contributed by atoms with E-state index in [1.54, 1.807) is 35.8 Å². The molecule has 94 heavy (non-hydrogen) atoms. The Balaban J connectivity index is 0.736. The van der Waals surface area contributed by atoms with Gasteiger partial charge in [-0.2, -0.15) is 0 Å². The van der Waals surface area contributed by atoms with E-state index in [2.05, 4.69) is 28.2 Å². The lowest BCUT2D eigenvalue weighted by Gasteiger charge is -2.29. The Bertz CT molecular complexity index is 3320. The van der Waals surface area contributed by atoms with Crippen LogP contribution in [-0.2, 0) is 104 Å². The van der Waals surface area contributed by atoms with Crippen molar-refractivity contribution in [3.05, 3.63) is 127 Å². The van der Waals surface area contributed by atoms with Gasteiger partial charge in [0.2, 0.25) is 17.7 Å². The third kappa shape index (κ3) is 21.4. The number of halogens is 1. The second-order valence-electron chi connectivity index (χ2n) is 23.0. The number of rotatable bonds is 44. The summed E-state index contributed by atoms with van der Waals surface area (Å²) in [6.45, 7) is 13.9. The van der Waals surface area contributed by atoms with E-state index in [0.29, 0.717) is 183 Å². The van der Waals surface area contributed by atoms with Crippen LogP contribution < -0.4 is 32.6 Å². The minimum atomic E-state index is -1.01. The van der Waals surface area contributed by atoms with Gasteiger partial charge in [-0.3, -0.25) is 24.0 Å². The monoisotopic (exact) mass is 1310 g/mol. The van der Waals surface area contributed by atoms with Crippen molar-refractivity contribution in [1.82, 2.24) is 25.5 Å². The fourth-order valence-corrected chi connectivity index (χ4v) is 11.5. The molecule has 0 bridgehead atoms. The number of anilines is 1. The van der Waals surface area contributed by atoms with Crippen molar-refractivity contribution < 1.29 is 80.5 Å². The van der Waals surface area contributed by atoms with Crippen molar-refractivity contribution in [2.24, 2.45) is 5.73 Å². The summed E-state index contributed by atoms with van der Waals surface area (Å²) in [5, 5.41) is 12.4. The van der Waals surface area contributed by atoms with Crippen molar-refractivity contribution in [2.75, 3.05) is 131 Å². The number of pyridine rings is 2. The lowest BCUT2D eigenvalue weighted by Crippen LogP contribution is -2.53. The van der Waals surface area contributed by atoms with E-state index in [9.17, 15) is 28.8 Å². The van der Waals surface area contributed by atoms with E-state index in [-0.39, 0.29) is 57.8 Å². The molecule has 2 aromatic heterocycles. The molecular formula is C69H92FN7O17. The van der Waals surface area contributed by atoms with Crippen molar-refractivity contribution in [3.8, 4) is 11.4 Å². The molecule has 6 N–H and O–H groups in total. The Labute approximate surface area is 548 Å². The molecular weight excluding hydrogens is 1220 g/mol. The predicted molar refractivity (Wildman–Crippen MR) is 347 cm³/mol. The molecule has 0 radical (unpaired) electrons. The van der Waals surface area contributed by atoms with E-state index in [0.717, 1.165) is 40.7 Å². The summed E-state index contributed by atoms with van der Waals surface area (Å²) in [6, 6.07) is 16.6. The molecule has 0 spiro atoms. The van der Waals surface area contributed by atoms with Gasteiger partial charge in [0.25, 0.3) is 5.56 Å². The van der Waals surface area contributed by atoms with E-state index in [1.807, 2.05) is 43.3 Å². The zero-order valence-corrected chi connectivity index (χ0v) is 54.4. The van der Waals surface area contributed by atoms with Crippen LogP contribution in [0.5, 0.6) is 0 Å². The maximum atomic E-state index is 15.5. The van der Waals surface area contributed by atoms with E-state index in [1.165, 1.54) is 6.07 Å². The number of esters is 1. The second-order valence-corrected chi connectivity index (χ2v) is 23.0. The van der Waals surface area contributed by atoms with Gasteiger partial charge in [-0.25, -0.2) is 14.2 Å². The average molecular weight is 1310 g/mol. The number of carbonyl (C=O) groups is 5. The fraction of sp³-hybridized carbons (Fsp3) is 0.551. The molecule has 5 aromatic rings. The number of amides is 4. The molecule has 3 aromatic carbocycles. The first-order valence-corrected chi connectivity index (χ1v) is 32.8. The number of aryl methyl sites for hydroxylation is 1. The highest BCUT2D eigenvalue weighted by atomic mass is 19.1. The van der Waals surface area contributed by atoms with Crippen LogP contribution in [0.25, 0.3) is 22.3 Å². The predicted octanol–water partition coefficient (Wildman–Crippen LogP) is 6.57. The van der Waals surface area contributed by atoms with Gasteiger partial charge >= 0.3 is 12.1 Å². The molecule has 1 aliphatic carbocycles. The normalized spacial score (nSPS) is 15.2. The number of benzene rings is 3. The maximum absolute atomic E-state index is 15.5. The largest absolute Gasteiger partial charge is 0.460 e. The lowest BCUT2D eigenvalue weighted by atomic mass is 9.81. The molecule has 25 heteroatoms. The van der Waals surface area contributed by atoms with Crippen molar-refractivity contribution in [2.45, 2.75) is 122 Å². The molecule has 4 amide bonds. The summed E-state index contributed by atoms with van der Waals surface area (Å²) in [6.07, 6.45) is 3.21. The molecule has 0 saturated heterocycles. The molecule has 3 aliphatic rings. The first kappa shape index (κ1) is 72.5. The number of nitrogens with one attached hydrogen (secondary N) is 4. The maximum Gasteiger partial charge on any atom is 0.407 e. The van der Waals surface area contributed by atoms with Crippen LogP contribution in [0.1, 0.15) is 115 Å². The summed E-state index contributed by atoms with van der Waals surface area (Å²) < 4.78 is 77.9. The minimum absolute atomic E-state index is 0.0198. The van der Waals surface area contributed by atoms with Gasteiger partial charge in [0.1, 0.15) is 31.1 Å². The number of nitrogens with two attached hydrogens (primary N) is 1. The average Bonchev–Trinajstić information content (AvgIpc) is 1.48. The third-order valence-corrected chi connectivity index (χ3v) is 16.4. The van der Waals surface area contributed by atoms with Gasteiger partial charge in [-0.15, -0.1) is 0 Å². The summed E-state index contributed by atoms with van der Waals surface area (Å²) in [7, 11) is 0. The number of aromatic nitrogens is 2. The van der Waals surface area contributed by atoms with Gasteiger partial charge in [0, 0.05) is 42.2 Å². The highest BCUT2D eigenvalue weighted by Gasteiger charge is 2.38. The number of hydrogen-bond donors (Lipinski definition) is 5. The fourth-order valence-electron chi connectivity index (χ4n) is 11.5. The van der Waals surface area contributed by atoms with Crippen molar-refractivity contribution in [3.63, 3.8) is 0 Å². The van der Waals surface area contributed by atoms with Crippen LogP contribution in [0.15, 0.2) is 71.5 Å². The summed E-state index contributed by atoms with van der Waals surface area (Å²) >= 11 is 0. The first-order chi connectivity index (χ1) is 45.9. The number of unbranched alkanes of at least 4 members (excludes halogenated alkanes) is 1. The standard InChI is InChI=1S/C69H92FN7O17/c1-4-22-84-24-26-86-28-30-88-32-34-90-36-38-92-39-37-91-35-33-89-31-29-87-27-25-85-23-20-61(78)73-59(40-47-11-7-6-8-12-47)66(80)75-57(13-9-10-21-71)65(79)72-49-16-14-48(15-17-49)44-94-69(83)76-56-19-18-51-46(3)55(70)42-58-62(51)63(56)53-43-77-60(64(53)74-58)41-52-50(5-2)68(82)93-45-54(52)67(77)81/h6-8,11-12,14-17,41-42,50,56-57,59H,4-5,9-10,13,18-40,43-45,71H2,1-3H3,(H,72,79)(H,73,78)(H,75,80)(H,76,83)/t50-,56+,57+,59+/m1/s1. The number of ether oxygens (including phenoxy) is 11. The van der Waals surface area contributed by atoms with Gasteiger partial charge in [-0.05, 0) is 110 Å². The van der Waals surface area contributed by atoms with Gasteiger partial charge in [-0.1, -0.05) is 56.3 Å². The molecule has 0 unspecified atom stereocenters. The van der Waals surface area contributed by atoms with E-state index in [4.69, 9.17) is 62.8 Å². The van der Waals surface area contributed by atoms with Crippen LogP contribution in [0.4, 0.5) is 14.9 Å². The topological polar surface area (TPSA) is 296 Å². The van der Waals surface area contributed by atoms with Crippen LogP contribution >= 0.6 is 0 Å². The molecule has 24 nitrogen and oxygen atoms in total. The van der Waals surface area contributed by atoms with Gasteiger partial charge in [0.15, 0.2) is 0 Å². The molecule has 0 fully saturated rings. The zero-order valence-electron chi connectivity index (χ0n) is 54.4. The van der Waals surface area contributed by atoms with E-state index >= 15 is 4.39 Å². The number of carbonyl (C=O) groups excluding carboxylic acids is 5. The summed E-state index contributed by atoms with van der Waals surface area (Å²) in [5.74, 6) is -2.82. The Morgan fingerprint density at radius 2 is 1.29 bits per heavy atom. The first-order valence-electron chi connectivity index (χ1n) is 32.8. The third-order valence-electron chi connectivity index (χ3n) is 16.4.